The van der Waals surface area contributed by atoms with Crippen molar-refractivity contribution in [1.82, 2.24) is 5.32 Å². The van der Waals surface area contributed by atoms with Gasteiger partial charge in [0.1, 0.15) is 11.9 Å². The molecule has 1 aromatic carbocycles. The molecule has 1 saturated heterocycles. The fourth-order valence-electron chi connectivity index (χ4n) is 2.85. The zero-order valence-electron chi connectivity index (χ0n) is 10.9. The van der Waals surface area contributed by atoms with E-state index in [0.717, 1.165) is 31.7 Å². The normalized spacial score (nSPS) is 25.6. The van der Waals surface area contributed by atoms with Gasteiger partial charge in [0.25, 0.3) is 0 Å². The predicted molar refractivity (Wildman–Crippen MR) is 74.2 cm³/mol. The fraction of sp³-hybridized carbons (Fsp3) is 0.571. The van der Waals surface area contributed by atoms with Crippen molar-refractivity contribution in [3.8, 4) is 5.75 Å². The average Bonchev–Trinajstić information content (AvgIpc) is 2.38. The first kappa shape index (κ1) is 12.9. The number of benzene rings is 1. The minimum atomic E-state index is -2.91. The molecule has 2 aliphatic heterocycles. The maximum Gasteiger partial charge on any atom is 0.153 e. The van der Waals surface area contributed by atoms with Crippen LogP contribution in [0.5, 0.6) is 5.75 Å². The van der Waals surface area contributed by atoms with Gasteiger partial charge in [-0.2, -0.15) is 0 Å². The lowest BCUT2D eigenvalue weighted by Gasteiger charge is -2.26. The van der Waals surface area contributed by atoms with Crippen LogP contribution in [-0.4, -0.2) is 32.6 Å². The number of hydrogen-bond donors (Lipinski definition) is 1. The monoisotopic (exact) mass is 281 g/mol. The van der Waals surface area contributed by atoms with E-state index in [-0.39, 0.29) is 11.9 Å². The molecule has 2 heterocycles. The third-order valence-corrected chi connectivity index (χ3v) is 5.61. The molecular weight excluding hydrogens is 262 g/mol. The van der Waals surface area contributed by atoms with E-state index in [1.807, 2.05) is 12.1 Å². The highest BCUT2D eigenvalue weighted by molar-refractivity contribution is 7.91. The highest BCUT2D eigenvalue weighted by Gasteiger charge is 2.27. The van der Waals surface area contributed by atoms with E-state index in [1.165, 1.54) is 11.1 Å². The van der Waals surface area contributed by atoms with Gasteiger partial charge in [0, 0.05) is 12.1 Å². The van der Waals surface area contributed by atoms with Gasteiger partial charge in [-0.05, 0) is 37.4 Å². The molecule has 0 saturated carbocycles. The number of fused-ring (bicyclic) bond motifs is 1. The van der Waals surface area contributed by atoms with Gasteiger partial charge in [0.2, 0.25) is 0 Å². The number of nitrogens with one attached hydrogen (secondary N) is 1. The van der Waals surface area contributed by atoms with Crippen LogP contribution in [-0.2, 0) is 22.8 Å². The van der Waals surface area contributed by atoms with Gasteiger partial charge in [0.05, 0.1) is 11.5 Å². The average molecular weight is 281 g/mol. The minimum absolute atomic E-state index is 0.157. The van der Waals surface area contributed by atoms with Crippen molar-refractivity contribution in [3.63, 3.8) is 0 Å². The molecular formula is C14H19NO3S. The smallest absolute Gasteiger partial charge is 0.153 e. The standard InChI is InChI=1S/C14H19NO3S/c16-19(17)8-2-4-12(10-19)18-14-5-1-3-11-6-7-15-9-13(11)14/h1,3,5,12,15H,2,4,6-10H2. The summed E-state index contributed by atoms with van der Waals surface area (Å²) >= 11 is 0. The first-order chi connectivity index (χ1) is 9.14. The molecule has 104 valence electrons. The molecule has 2 aliphatic rings. The summed E-state index contributed by atoms with van der Waals surface area (Å²) in [5.74, 6) is 1.32. The Morgan fingerprint density at radius 2 is 2.21 bits per heavy atom. The Bertz CT molecular complexity index is 568. The Labute approximate surface area is 114 Å². The van der Waals surface area contributed by atoms with E-state index < -0.39 is 9.84 Å². The second kappa shape index (κ2) is 5.13. The predicted octanol–water partition coefficient (Wildman–Crippen LogP) is 1.29. The zero-order chi connectivity index (χ0) is 13.3. The van der Waals surface area contributed by atoms with Gasteiger partial charge in [-0.15, -0.1) is 0 Å². The second-order valence-electron chi connectivity index (χ2n) is 5.32. The molecule has 0 aliphatic carbocycles. The van der Waals surface area contributed by atoms with Crippen LogP contribution in [0.4, 0.5) is 0 Å². The molecule has 1 atom stereocenters. The molecule has 1 unspecified atom stereocenters. The maximum atomic E-state index is 11.6. The maximum absolute atomic E-state index is 11.6. The first-order valence-electron chi connectivity index (χ1n) is 6.83. The second-order valence-corrected chi connectivity index (χ2v) is 7.55. The van der Waals surface area contributed by atoms with Crippen LogP contribution in [0, 0.1) is 0 Å². The molecule has 0 spiro atoms. The van der Waals surface area contributed by atoms with Crippen LogP contribution < -0.4 is 10.1 Å². The van der Waals surface area contributed by atoms with Crippen molar-refractivity contribution in [2.24, 2.45) is 0 Å². The highest BCUT2D eigenvalue weighted by Crippen LogP contribution is 2.27. The topological polar surface area (TPSA) is 55.4 Å². The molecule has 5 heteroatoms. The van der Waals surface area contributed by atoms with Gasteiger partial charge in [0.15, 0.2) is 9.84 Å². The molecule has 1 aromatic rings. The Morgan fingerprint density at radius 1 is 1.32 bits per heavy atom. The van der Waals surface area contributed by atoms with E-state index in [4.69, 9.17) is 4.74 Å². The fourth-order valence-corrected chi connectivity index (χ4v) is 4.42. The zero-order valence-corrected chi connectivity index (χ0v) is 11.7. The van der Waals surface area contributed by atoms with Crippen molar-refractivity contribution in [3.05, 3.63) is 29.3 Å². The van der Waals surface area contributed by atoms with Crippen molar-refractivity contribution in [1.29, 1.82) is 0 Å². The van der Waals surface area contributed by atoms with Crippen LogP contribution in [0.3, 0.4) is 0 Å². The van der Waals surface area contributed by atoms with E-state index in [0.29, 0.717) is 12.2 Å². The summed E-state index contributed by atoms with van der Waals surface area (Å²) in [6, 6.07) is 6.07. The lowest BCUT2D eigenvalue weighted by Crippen LogP contribution is -2.34. The molecule has 0 aromatic heterocycles. The first-order valence-corrected chi connectivity index (χ1v) is 8.65. The van der Waals surface area contributed by atoms with Crippen LogP contribution in [0.2, 0.25) is 0 Å². The van der Waals surface area contributed by atoms with Crippen LogP contribution >= 0.6 is 0 Å². The Morgan fingerprint density at radius 3 is 3.05 bits per heavy atom. The molecule has 4 nitrogen and oxygen atoms in total. The van der Waals surface area contributed by atoms with Crippen LogP contribution in [0.15, 0.2) is 18.2 Å². The Kier molecular flexibility index (Phi) is 3.50. The summed E-state index contributed by atoms with van der Waals surface area (Å²) < 4.78 is 29.3. The molecule has 19 heavy (non-hydrogen) atoms. The SMILES string of the molecule is O=S1(=O)CCCC(Oc2cccc3c2CNCC3)C1. The van der Waals surface area contributed by atoms with Gasteiger partial charge in [-0.25, -0.2) is 8.42 Å². The summed E-state index contributed by atoms with van der Waals surface area (Å²) in [6.07, 6.45) is 2.36. The van der Waals surface area contributed by atoms with Crippen LogP contribution in [0.1, 0.15) is 24.0 Å². The van der Waals surface area contributed by atoms with Crippen molar-refractivity contribution in [2.45, 2.75) is 31.9 Å². The quantitative estimate of drug-likeness (QED) is 0.887. The number of sulfone groups is 1. The summed E-state index contributed by atoms with van der Waals surface area (Å²) in [4.78, 5) is 0. The van der Waals surface area contributed by atoms with E-state index in [1.54, 1.807) is 0 Å². The number of hydrogen-bond acceptors (Lipinski definition) is 4. The van der Waals surface area contributed by atoms with E-state index >= 15 is 0 Å². The lowest BCUT2D eigenvalue weighted by atomic mass is 10.0. The lowest BCUT2D eigenvalue weighted by molar-refractivity contribution is 0.204. The minimum Gasteiger partial charge on any atom is -0.489 e. The van der Waals surface area contributed by atoms with Crippen molar-refractivity contribution < 1.29 is 13.2 Å². The highest BCUT2D eigenvalue weighted by atomic mass is 32.2. The summed E-state index contributed by atoms with van der Waals surface area (Å²) in [7, 11) is -2.91. The molecule has 0 bridgehead atoms. The van der Waals surface area contributed by atoms with E-state index in [9.17, 15) is 8.42 Å². The number of ether oxygens (including phenoxy) is 1. The van der Waals surface area contributed by atoms with Gasteiger partial charge in [-0.1, -0.05) is 12.1 Å². The third kappa shape index (κ3) is 2.92. The molecule has 1 N–H and O–H groups in total. The van der Waals surface area contributed by atoms with Crippen molar-refractivity contribution in [2.75, 3.05) is 18.1 Å². The number of rotatable bonds is 2. The third-order valence-electron chi connectivity index (χ3n) is 3.82. The van der Waals surface area contributed by atoms with Gasteiger partial charge in [-0.3, -0.25) is 0 Å². The summed E-state index contributed by atoms with van der Waals surface area (Å²) in [5, 5.41) is 3.34. The Balaban J connectivity index is 1.80. The summed E-state index contributed by atoms with van der Waals surface area (Å²) in [5.41, 5.74) is 2.51. The summed E-state index contributed by atoms with van der Waals surface area (Å²) in [6.45, 7) is 1.80. The van der Waals surface area contributed by atoms with Gasteiger partial charge >= 0.3 is 0 Å². The molecule has 1 fully saturated rings. The Hall–Kier alpha value is -1.07. The van der Waals surface area contributed by atoms with Crippen molar-refractivity contribution >= 4 is 9.84 Å². The van der Waals surface area contributed by atoms with E-state index in [2.05, 4.69) is 11.4 Å². The van der Waals surface area contributed by atoms with Gasteiger partial charge < -0.3 is 10.1 Å². The molecule has 0 radical (unpaired) electrons. The molecule has 0 amide bonds. The molecule has 3 rings (SSSR count). The van der Waals surface area contributed by atoms with Crippen LogP contribution in [0.25, 0.3) is 0 Å². The largest absolute Gasteiger partial charge is 0.489 e.